The van der Waals surface area contributed by atoms with Gasteiger partial charge in [-0.2, -0.15) is 0 Å². The summed E-state index contributed by atoms with van der Waals surface area (Å²) in [5.74, 6) is 1.14. The lowest BCUT2D eigenvalue weighted by Gasteiger charge is -2.59. The van der Waals surface area contributed by atoms with E-state index in [9.17, 15) is 9.59 Å². The molecule has 2 amide bonds. The molecule has 6 rings (SSSR count). The van der Waals surface area contributed by atoms with Crippen LogP contribution in [-0.4, -0.2) is 16.1 Å². The maximum absolute atomic E-state index is 13.5. The molecule has 2 aromatic carbocycles. The van der Waals surface area contributed by atoms with Crippen molar-refractivity contribution in [1.29, 1.82) is 0 Å². The molecule has 156 valence electrons. The van der Waals surface area contributed by atoms with Gasteiger partial charge < -0.3 is 10.6 Å². The Morgan fingerprint density at radius 2 is 1.70 bits per heavy atom. The zero-order chi connectivity index (χ0) is 20.9. The first-order chi connectivity index (χ1) is 14.3. The summed E-state index contributed by atoms with van der Waals surface area (Å²) in [7, 11) is 0. The number of alkyl halides is 1. The van der Waals surface area contributed by atoms with Crippen molar-refractivity contribution in [2.75, 3.05) is 10.6 Å². The third kappa shape index (κ3) is 3.58. The highest BCUT2D eigenvalue weighted by Gasteiger charge is 2.59. The molecular formula is C25H27BrN2O2. The van der Waals surface area contributed by atoms with Gasteiger partial charge in [-0.25, -0.2) is 0 Å². The number of amides is 2. The molecule has 4 aliphatic carbocycles. The second-order valence-corrected chi connectivity index (χ2v) is 11.4. The number of hydrogen-bond acceptors (Lipinski definition) is 2. The van der Waals surface area contributed by atoms with Crippen molar-refractivity contribution in [3.63, 3.8) is 0 Å². The molecule has 2 atom stereocenters. The third-order valence-electron chi connectivity index (χ3n) is 7.17. The number of hydrogen-bond donors (Lipinski definition) is 2. The quantitative estimate of drug-likeness (QED) is 0.549. The largest absolute Gasteiger partial charge is 0.325 e. The molecule has 0 radical (unpaired) electrons. The van der Waals surface area contributed by atoms with Crippen LogP contribution >= 0.6 is 15.9 Å². The molecule has 2 aromatic rings. The number of aryl methyl sites for hydroxylation is 1. The molecule has 4 bridgehead atoms. The van der Waals surface area contributed by atoms with Crippen LogP contribution in [0.3, 0.4) is 0 Å². The van der Waals surface area contributed by atoms with E-state index in [1.165, 1.54) is 19.3 Å². The predicted molar refractivity (Wildman–Crippen MR) is 123 cm³/mol. The number of carbonyl (C=O) groups excluding carboxylic acids is 2. The topological polar surface area (TPSA) is 58.2 Å². The van der Waals surface area contributed by atoms with Gasteiger partial charge in [0.2, 0.25) is 5.91 Å². The Hall–Kier alpha value is -2.14. The fourth-order valence-corrected chi connectivity index (χ4v) is 7.84. The van der Waals surface area contributed by atoms with Crippen molar-refractivity contribution in [3.05, 3.63) is 59.7 Å². The molecule has 4 aliphatic rings. The summed E-state index contributed by atoms with van der Waals surface area (Å²) in [5.41, 5.74) is 2.61. The van der Waals surface area contributed by atoms with E-state index in [2.05, 4.69) is 26.6 Å². The molecule has 4 fully saturated rings. The Bertz CT molecular complexity index is 1000. The summed E-state index contributed by atoms with van der Waals surface area (Å²) in [6, 6.07) is 15.0. The first kappa shape index (κ1) is 19.8. The van der Waals surface area contributed by atoms with Crippen LogP contribution in [0.2, 0.25) is 0 Å². The van der Waals surface area contributed by atoms with Gasteiger partial charge in [-0.15, -0.1) is 0 Å². The van der Waals surface area contributed by atoms with Gasteiger partial charge in [-0.05, 0) is 87.1 Å². The van der Waals surface area contributed by atoms with Crippen LogP contribution < -0.4 is 10.6 Å². The average Bonchev–Trinajstić information content (AvgIpc) is 2.66. The van der Waals surface area contributed by atoms with Crippen LogP contribution in [0.4, 0.5) is 11.4 Å². The standard InChI is InChI=1S/C25H27BrN2O2/c1-16-5-4-6-19(9-16)27-22(29)20-7-2-3-8-21(20)28-23(30)24-11-17-10-18(12-24)14-25(26,13-17)15-24/h2-9,17-18H,10-15H2,1H3,(H,27,29)(H,28,30)/t17-,18-,24?,25?/m0/s1. The summed E-state index contributed by atoms with van der Waals surface area (Å²) in [6.45, 7) is 1.99. The van der Waals surface area contributed by atoms with Gasteiger partial charge in [-0.1, -0.05) is 40.2 Å². The smallest absolute Gasteiger partial charge is 0.257 e. The monoisotopic (exact) mass is 466 g/mol. The Morgan fingerprint density at radius 1 is 0.967 bits per heavy atom. The predicted octanol–water partition coefficient (Wildman–Crippen LogP) is 5.92. The molecule has 0 aromatic heterocycles. The molecule has 0 saturated heterocycles. The molecule has 30 heavy (non-hydrogen) atoms. The fourth-order valence-electron chi connectivity index (χ4n) is 6.38. The highest BCUT2D eigenvalue weighted by atomic mass is 79.9. The van der Waals surface area contributed by atoms with Crippen LogP contribution in [0.5, 0.6) is 0 Å². The van der Waals surface area contributed by atoms with Gasteiger partial charge in [0.15, 0.2) is 0 Å². The minimum Gasteiger partial charge on any atom is -0.325 e. The van der Waals surface area contributed by atoms with Crippen molar-refractivity contribution < 1.29 is 9.59 Å². The van der Waals surface area contributed by atoms with Crippen molar-refractivity contribution >= 4 is 39.1 Å². The summed E-state index contributed by atoms with van der Waals surface area (Å²) in [4.78, 5) is 26.5. The highest BCUT2D eigenvalue weighted by molar-refractivity contribution is 9.10. The number of anilines is 2. The summed E-state index contributed by atoms with van der Waals surface area (Å²) < 4.78 is 0.122. The number of nitrogens with one attached hydrogen (secondary N) is 2. The minimum atomic E-state index is -0.312. The summed E-state index contributed by atoms with van der Waals surface area (Å²) >= 11 is 3.98. The second kappa shape index (κ2) is 7.23. The Kier molecular flexibility index (Phi) is 4.77. The number of halogens is 1. The molecule has 0 spiro atoms. The highest BCUT2D eigenvalue weighted by Crippen LogP contribution is 2.64. The first-order valence-electron chi connectivity index (χ1n) is 10.8. The molecule has 4 nitrogen and oxygen atoms in total. The maximum atomic E-state index is 13.5. The molecule has 5 heteroatoms. The molecule has 2 N–H and O–H groups in total. The zero-order valence-electron chi connectivity index (χ0n) is 17.2. The van der Waals surface area contributed by atoms with E-state index in [0.29, 0.717) is 23.1 Å². The molecule has 0 aliphatic heterocycles. The number of benzene rings is 2. The van der Waals surface area contributed by atoms with Crippen LogP contribution in [0, 0.1) is 24.2 Å². The van der Waals surface area contributed by atoms with E-state index in [4.69, 9.17) is 0 Å². The van der Waals surface area contributed by atoms with E-state index in [0.717, 1.165) is 30.5 Å². The van der Waals surface area contributed by atoms with E-state index in [-0.39, 0.29) is 21.6 Å². The van der Waals surface area contributed by atoms with Crippen LogP contribution in [0.25, 0.3) is 0 Å². The van der Waals surface area contributed by atoms with E-state index < -0.39 is 0 Å². The van der Waals surface area contributed by atoms with Crippen LogP contribution in [-0.2, 0) is 4.79 Å². The van der Waals surface area contributed by atoms with Gasteiger partial charge in [-0.3, -0.25) is 9.59 Å². The van der Waals surface area contributed by atoms with Gasteiger partial charge in [0, 0.05) is 10.0 Å². The fraction of sp³-hybridized carbons (Fsp3) is 0.440. The maximum Gasteiger partial charge on any atom is 0.257 e. The van der Waals surface area contributed by atoms with Crippen molar-refractivity contribution in [1.82, 2.24) is 0 Å². The van der Waals surface area contributed by atoms with Gasteiger partial charge >= 0.3 is 0 Å². The lowest BCUT2D eigenvalue weighted by molar-refractivity contribution is -0.138. The number of carbonyl (C=O) groups is 2. The lowest BCUT2D eigenvalue weighted by Crippen LogP contribution is -2.57. The minimum absolute atomic E-state index is 0.0798. The molecule has 0 unspecified atom stereocenters. The van der Waals surface area contributed by atoms with Gasteiger partial charge in [0.05, 0.1) is 16.7 Å². The summed E-state index contributed by atoms with van der Waals surface area (Å²) in [5, 5.41) is 6.10. The Balaban J connectivity index is 1.37. The zero-order valence-corrected chi connectivity index (χ0v) is 18.8. The normalized spacial score (nSPS) is 31.4. The molecule has 0 heterocycles. The van der Waals surface area contributed by atoms with E-state index >= 15 is 0 Å². The molecule has 4 saturated carbocycles. The lowest BCUT2D eigenvalue weighted by atomic mass is 9.49. The van der Waals surface area contributed by atoms with Crippen molar-refractivity contribution in [2.24, 2.45) is 17.3 Å². The van der Waals surface area contributed by atoms with Crippen molar-refractivity contribution in [2.45, 2.75) is 49.8 Å². The first-order valence-corrected chi connectivity index (χ1v) is 11.6. The van der Waals surface area contributed by atoms with Crippen LogP contribution in [0.1, 0.15) is 54.4 Å². The number of para-hydroxylation sites is 1. The van der Waals surface area contributed by atoms with Gasteiger partial charge in [0.25, 0.3) is 5.91 Å². The third-order valence-corrected chi connectivity index (χ3v) is 8.10. The second-order valence-electron chi connectivity index (χ2n) is 9.72. The molecular weight excluding hydrogens is 440 g/mol. The Morgan fingerprint density at radius 3 is 2.40 bits per heavy atom. The summed E-state index contributed by atoms with van der Waals surface area (Å²) in [6.07, 6.45) is 6.48. The Labute approximate surface area is 186 Å². The van der Waals surface area contributed by atoms with E-state index in [1.807, 2.05) is 49.4 Å². The number of rotatable bonds is 4. The van der Waals surface area contributed by atoms with Gasteiger partial charge in [0.1, 0.15) is 0 Å². The van der Waals surface area contributed by atoms with E-state index in [1.54, 1.807) is 6.07 Å². The SMILES string of the molecule is Cc1cccc(NC(=O)c2ccccc2NC(=O)C23C[C@@H]4C[C@H](CC(Br)(C4)C2)C3)c1. The van der Waals surface area contributed by atoms with Crippen LogP contribution in [0.15, 0.2) is 48.5 Å². The van der Waals surface area contributed by atoms with Crippen molar-refractivity contribution in [3.8, 4) is 0 Å². The average molecular weight is 467 g/mol.